The van der Waals surface area contributed by atoms with Crippen LogP contribution >= 0.6 is 55.4 Å². The van der Waals surface area contributed by atoms with E-state index in [-0.39, 0.29) is 0 Å². The van der Waals surface area contributed by atoms with Gasteiger partial charge in [0.05, 0.1) is 0 Å². The first-order valence-corrected chi connectivity index (χ1v) is 13.0. The second kappa shape index (κ2) is 12.5. The molecule has 0 amide bonds. The molecule has 0 fully saturated rings. The zero-order chi connectivity index (χ0) is 18.8. The maximum Gasteiger partial charge on any atom is 0.175 e. The van der Waals surface area contributed by atoms with Crippen LogP contribution in [0.1, 0.15) is 65.2 Å². The summed E-state index contributed by atoms with van der Waals surface area (Å²) in [5.41, 5.74) is 0. The Labute approximate surface area is 182 Å². The van der Waals surface area contributed by atoms with Crippen molar-refractivity contribution in [1.29, 1.82) is 0 Å². The van der Waals surface area contributed by atoms with E-state index in [4.69, 9.17) is 9.97 Å². The van der Waals surface area contributed by atoms with Crippen LogP contribution in [0.3, 0.4) is 0 Å². The molecule has 2 rings (SSSR count). The summed E-state index contributed by atoms with van der Waals surface area (Å²) in [6, 6.07) is 0. The molecule has 146 valence electrons. The molecule has 0 aliphatic heterocycles. The fourth-order valence-electron chi connectivity index (χ4n) is 2.48. The zero-order valence-electron chi connectivity index (χ0n) is 15.5. The van der Waals surface area contributed by atoms with Crippen molar-refractivity contribution in [3.63, 3.8) is 0 Å². The van der Waals surface area contributed by atoms with Crippen LogP contribution in [0.15, 0.2) is 19.3 Å². The van der Waals surface area contributed by atoms with Crippen LogP contribution in [-0.2, 0) is 0 Å². The standard InChI is InChI=1S/C18H28Br2N4S2/c1-3-5-7-9-11-25-17-13(19)21-15(23-17)16-22-14(20)18(24-16)26-12-10-8-6-4-2/h3-12H2,1-2H3,(H,21,23)(H,22,24). The molecule has 0 aliphatic rings. The predicted octanol–water partition coefficient (Wildman–Crippen LogP) is 7.67. The minimum absolute atomic E-state index is 0.784. The summed E-state index contributed by atoms with van der Waals surface area (Å²) >= 11 is 10.8. The quantitative estimate of drug-likeness (QED) is 0.209. The normalized spacial score (nSPS) is 11.4. The Morgan fingerprint density at radius 1 is 0.692 bits per heavy atom. The maximum absolute atomic E-state index is 4.71. The Kier molecular flexibility index (Phi) is 10.8. The van der Waals surface area contributed by atoms with Crippen molar-refractivity contribution in [1.82, 2.24) is 19.9 Å². The lowest BCUT2D eigenvalue weighted by Gasteiger charge is -1.98. The average Bonchev–Trinajstić information content (AvgIpc) is 3.18. The second-order valence-electron chi connectivity index (χ2n) is 6.23. The van der Waals surface area contributed by atoms with Crippen LogP contribution in [0.4, 0.5) is 0 Å². The smallest absolute Gasteiger partial charge is 0.175 e. The Bertz CT molecular complexity index is 601. The highest BCUT2D eigenvalue weighted by Gasteiger charge is 2.15. The van der Waals surface area contributed by atoms with E-state index >= 15 is 0 Å². The summed E-state index contributed by atoms with van der Waals surface area (Å²) in [7, 11) is 0. The maximum atomic E-state index is 4.71. The lowest BCUT2D eigenvalue weighted by atomic mass is 10.2. The molecule has 2 heterocycles. The number of unbranched alkanes of at least 4 members (excludes halogenated alkanes) is 6. The first-order valence-electron chi connectivity index (χ1n) is 9.42. The van der Waals surface area contributed by atoms with Crippen LogP contribution < -0.4 is 0 Å². The van der Waals surface area contributed by atoms with Crippen molar-refractivity contribution in [2.75, 3.05) is 11.5 Å². The number of rotatable bonds is 13. The average molecular weight is 524 g/mol. The van der Waals surface area contributed by atoms with Gasteiger partial charge in [0.25, 0.3) is 0 Å². The van der Waals surface area contributed by atoms with Crippen molar-refractivity contribution < 1.29 is 0 Å². The minimum atomic E-state index is 0.784. The lowest BCUT2D eigenvalue weighted by Crippen LogP contribution is -1.85. The van der Waals surface area contributed by atoms with Crippen molar-refractivity contribution >= 4 is 55.4 Å². The molecule has 2 aromatic rings. The molecular weight excluding hydrogens is 496 g/mol. The van der Waals surface area contributed by atoms with Gasteiger partial charge in [0.1, 0.15) is 19.3 Å². The number of hydrogen-bond acceptors (Lipinski definition) is 4. The zero-order valence-corrected chi connectivity index (χ0v) is 20.3. The van der Waals surface area contributed by atoms with Gasteiger partial charge in [0.2, 0.25) is 0 Å². The number of hydrogen-bond donors (Lipinski definition) is 2. The van der Waals surface area contributed by atoms with Crippen LogP contribution in [0.25, 0.3) is 11.6 Å². The molecule has 0 saturated carbocycles. The molecule has 2 aromatic heterocycles. The molecule has 0 saturated heterocycles. The van der Waals surface area contributed by atoms with E-state index in [1.165, 1.54) is 51.4 Å². The van der Waals surface area contributed by atoms with Gasteiger partial charge in [0, 0.05) is 0 Å². The molecule has 0 atom stereocenters. The number of thioether (sulfide) groups is 2. The summed E-state index contributed by atoms with van der Waals surface area (Å²) in [5, 5.41) is 2.02. The van der Waals surface area contributed by atoms with Gasteiger partial charge in [-0.1, -0.05) is 52.4 Å². The molecule has 0 spiro atoms. The van der Waals surface area contributed by atoms with Crippen molar-refractivity contribution in [2.24, 2.45) is 0 Å². The Morgan fingerprint density at radius 2 is 1.12 bits per heavy atom. The van der Waals surface area contributed by atoms with E-state index in [1.54, 1.807) is 23.5 Å². The van der Waals surface area contributed by atoms with Gasteiger partial charge in [-0.3, -0.25) is 0 Å². The fraction of sp³-hybridized carbons (Fsp3) is 0.667. The van der Waals surface area contributed by atoms with Gasteiger partial charge in [0.15, 0.2) is 11.6 Å². The molecule has 0 bridgehead atoms. The number of aromatic amines is 2. The summed E-state index contributed by atoms with van der Waals surface area (Å²) in [4.78, 5) is 16.0. The molecule has 2 N–H and O–H groups in total. The second-order valence-corrected chi connectivity index (χ2v) is 9.98. The number of nitrogens with zero attached hydrogens (tertiary/aromatic N) is 2. The summed E-state index contributed by atoms with van der Waals surface area (Å²) in [6.07, 6.45) is 10.2. The molecule has 0 aliphatic carbocycles. The first-order chi connectivity index (χ1) is 12.7. The molecule has 8 heteroatoms. The SMILES string of the molecule is CCCCCCSc1nc(-c2nc(SCCCCCC)c(Br)[nH]2)[nH]c1Br. The minimum Gasteiger partial charge on any atom is -0.329 e. The molecular formula is C18H28Br2N4S2. The Balaban J connectivity index is 1.90. The van der Waals surface area contributed by atoms with Gasteiger partial charge in [-0.05, 0) is 56.2 Å². The van der Waals surface area contributed by atoms with Crippen LogP contribution in [0.5, 0.6) is 0 Å². The van der Waals surface area contributed by atoms with Gasteiger partial charge in [-0.25, -0.2) is 9.97 Å². The summed E-state index contributed by atoms with van der Waals surface area (Å²) in [5.74, 6) is 3.77. The largest absolute Gasteiger partial charge is 0.329 e. The molecule has 4 nitrogen and oxygen atoms in total. The van der Waals surface area contributed by atoms with Crippen LogP contribution in [0, 0.1) is 0 Å². The lowest BCUT2D eigenvalue weighted by molar-refractivity contribution is 0.706. The third-order valence-corrected chi connectivity index (χ3v) is 7.75. The van der Waals surface area contributed by atoms with E-state index in [1.807, 2.05) is 0 Å². The van der Waals surface area contributed by atoms with Gasteiger partial charge >= 0.3 is 0 Å². The highest BCUT2D eigenvalue weighted by molar-refractivity contribution is 9.10. The van der Waals surface area contributed by atoms with Gasteiger partial charge in [-0.15, -0.1) is 23.5 Å². The van der Waals surface area contributed by atoms with Crippen molar-refractivity contribution in [3.8, 4) is 11.6 Å². The summed E-state index contributed by atoms with van der Waals surface area (Å²) in [6.45, 7) is 4.48. The predicted molar refractivity (Wildman–Crippen MR) is 121 cm³/mol. The Morgan fingerprint density at radius 3 is 1.50 bits per heavy atom. The first kappa shape index (κ1) is 22.4. The monoisotopic (exact) mass is 522 g/mol. The number of aromatic nitrogens is 4. The molecule has 0 radical (unpaired) electrons. The van der Waals surface area contributed by atoms with E-state index in [0.29, 0.717) is 0 Å². The topological polar surface area (TPSA) is 57.4 Å². The van der Waals surface area contributed by atoms with Gasteiger partial charge < -0.3 is 9.97 Å². The van der Waals surface area contributed by atoms with E-state index < -0.39 is 0 Å². The van der Waals surface area contributed by atoms with E-state index in [2.05, 4.69) is 55.7 Å². The number of halogens is 2. The number of nitrogens with one attached hydrogen (secondary N) is 2. The fourth-order valence-corrected chi connectivity index (χ4v) is 5.47. The Hall–Kier alpha value is 0.0800. The molecule has 26 heavy (non-hydrogen) atoms. The third kappa shape index (κ3) is 7.24. The summed E-state index contributed by atoms with van der Waals surface area (Å²) < 4.78 is 1.88. The highest BCUT2D eigenvalue weighted by Crippen LogP contribution is 2.32. The third-order valence-electron chi connectivity index (χ3n) is 3.96. The number of imidazole rings is 2. The van der Waals surface area contributed by atoms with E-state index in [9.17, 15) is 0 Å². The van der Waals surface area contributed by atoms with Gasteiger partial charge in [-0.2, -0.15) is 0 Å². The number of H-pyrrole nitrogens is 2. The van der Waals surface area contributed by atoms with E-state index in [0.717, 1.165) is 42.4 Å². The molecule has 0 unspecified atom stereocenters. The molecule has 0 aromatic carbocycles. The highest BCUT2D eigenvalue weighted by atomic mass is 79.9. The van der Waals surface area contributed by atoms with Crippen molar-refractivity contribution in [3.05, 3.63) is 9.21 Å². The van der Waals surface area contributed by atoms with Crippen molar-refractivity contribution in [2.45, 2.75) is 75.3 Å². The van der Waals surface area contributed by atoms with Crippen LogP contribution in [-0.4, -0.2) is 31.4 Å². The van der Waals surface area contributed by atoms with Crippen LogP contribution in [0.2, 0.25) is 0 Å².